The minimum absolute atomic E-state index is 0.0460. The first-order valence-corrected chi connectivity index (χ1v) is 6.03. The van der Waals surface area contributed by atoms with Gasteiger partial charge in [-0.3, -0.25) is 9.59 Å². The van der Waals surface area contributed by atoms with E-state index >= 15 is 0 Å². The SMILES string of the molecule is CC(=O)N[C@]12C=CC(=O)C[C@H]1[C@@H](C=O)CCC2. The number of amides is 1. The van der Waals surface area contributed by atoms with Crippen molar-refractivity contribution in [1.82, 2.24) is 5.32 Å². The number of nitrogens with one attached hydrogen (secondary N) is 1. The van der Waals surface area contributed by atoms with E-state index in [0.717, 1.165) is 25.5 Å². The van der Waals surface area contributed by atoms with E-state index in [4.69, 9.17) is 0 Å². The fourth-order valence-corrected chi connectivity index (χ4v) is 3.15. The number of carbonyl (C=O) groups excluding carboxylic acids is 3. The van der Waals surface area contributed by atoms with E-state index < -0.39 is 5.54 Å². The highest BCUT2D eigenvalue weighted by Crippen LogP contribution is 2.42. The molecule has 0 bridgehead atoms. The third-order valence-corrected chi connectivity index (χ3v) is 3.88. The molecule has 0 heterocycles. The molecule has 92 valence electrons. The van der Waals surface area contributed by atoms with E-state index in [1.54, 1.807) is 12.2 Å². The molecule has 2 aliphatic carbocycles. The van der Waals surface area contributed by atoms with Crippen LogP contribution in [-0.4, -0.2) is 23.5 Å². The summed E-state index contributed by atoms with van der Waals surface area (Å²) >= 11 is 0. The van der Waals surface area contributed by atoms with Crippen molar-refractivity contribution in [2.24, 2.45) is 11.8 Å². The Morgan fingerprint density at radius 2 is 2.35 bits per heavy atom. The van der Waals surface area contributed by atoms with Gasteiger partial charge >= 0.3 is 0 Å². The molecule has 2 rings (SSSR count). The van der Waals surface area contributed by atoms with Crippen LogP contribution >= 0.6 is 0 Å². The number of carbonyl (C=O) groups is 3. The molecule has 0 aromatic carbocycles. The van der Waals surface area contributed by atoms with Gasteiger partial charge < -0.3 is 10.1 Å². The molecule has 1 fully saturated rings. The highest BCUT2D eigenvalue weighted by Gasteiger charge is 2.46. The fourth-order valence-electron chi connectivity index (χ4n) is 3.15. The summed E-state index contributed by atoms with van der Waals surface area (Å²) in [6, 6.07) is 0. The smallest absolute Gasteiger partial charge is 0.217 e. The van der Waals surface area contributed by atoms with Gasteiger partial charge in [-0.1, -0.05) is 12.5 Å². The lowest BCUT2D eigenvalue weighted by atomic mass is 9.63. The van der Waals surface area contributed by atoms with Crippen LogP contribution in [0.4, 0.5) is 0 Å². The van der Waals surface area contributed by atoms with Crippen molar-refractivity contribution < 1.29 is 14.4 Å². The zero-order chi connectivity index (χ0) is 12.5. The van der Waals surface area contributed by atoms with Crippen LogP contribution in [0.15, 0.2) is 12.2 Å². The summed E-state index contributed by atoms with van der Waals surface area (Å²) in [7, 11) is 0. The molecule has 2 aliphatic rings. The average molecular weight is 235 g/mol. The second-order valence-electron chi connectivity index (χ2n) is 5.02. The van der Waals surface area contributed by atoms with E-state index in [-0.39, 0.29) is 23.5 Å². The molecule has 0 radical (unpaired) electrons. The van der Waals surface area contributed by atoms with Crippen LogP contribution in [-0.2, 0) is 14.4 Å². The molecule has 3 atom stereocenters. The number of ketones is 1. The number of hydrogen-bond donors (Lipinski definition) is 1. The van der Waals surface area contributed by atoms with Crippen LogP contribution in [0.25, 0.3) is 0 Å². The fraction of sp³-hybridized carbons (Fsp3) is 0.615. The van der Waals surface area contributed by atoms with Gasteiger partial charge in [0.15, 0.2) is 5.78 Å². The van der Waals surface area contributed by atoms with Crippen LogP contribution in [0, 0.1) is 11.8 Å². The topological polar surface area (TPSA) is 63.2 Å². The molecule has 0 saturated heterocycles. The summed E-state index contributed by atoms with van der Waals surface area (Å²) in [5.74, 6) is -0.259. The van der Waals surface area contributed by atoms with E-state index in [9.17, 15) is 14.4 Å². The van der Waals surface area contributed by atoms with E-state index in [1.165, 1.54) is 6.92 Å². The van der Waals surface area contributed by atoms with Crippen molar-refractivity contribution in [2.75, 3.05) is 0 Å². The first-order valence-electron chi connectivity index (χ1n) is 6.03. The van der Waals surface area contributed by atoms with Crippen molar-refractivity contribution in [1.29, 1.82) is 0 Å². The predicted octanol–water partition coefficient (Wildman–Crippen LogP) is 1.01. The molecule has 1 N–H and O–H groups in total. The van der Waals surface area contributed by atoms with Crippen LogP contribution in [0.1, 0.15) is 32.6 Å². The first-order chi connectivity index (χ1) is 8.07. The van der Waals surface area contributed by atoms with Crippen LogP contribution in [0.2, 0.25) is 0 Å². The molecule has 4 heteroatoms. The summed E-state index contributed by atoms with van der Waals surface area (Å²) in [5, 5.41) is 2.95. The molecule has 4 nitrogen and oxygen atoms in total. The second-order valence-corrected chi connectivity index (χ2v) is 5.02. The minimum atomic E-state index is -0.483. The maximum absolute atomic E-state index is 11.5. The highest BCUT2D eigenvalue weighted by atomic mass is 16.1. The average Bonchev–Trinajstić information content (AvgIpc) is 2.28. The molecule has 0 aliphatic heterocycles. The van der Waals surface area contributed by atoms with Gasteiger partial charge in [0, 0.05) is 25.2 Å². The standard InChI is InChI=1S/C13H17NO3/c1-9(16)14-13-5-2-3-10(8-15)12(13)7-11(17)4-6-13/h4,6,8,10,12H,2-3,5,7H2,1H3,(H,14,16)/t10-,12+,13-/m1/s1. The molecule has 0 spiro atoms. The Morgan fingerprint density at radius 1 is 1.59 bits per heavy atom. The van der Waals surface area contributed by atoms with Crippen molar-refractivity contribution in [3.05, 3.63) is 12.2 Å². The van der Waals surface area contributed by atoms with Crippen LogP contribution < -0.4 is 5.32 Å². The third-order valence-electron chi connectivity index (χ3n) is 3.88. The molecule has 1 amide bonds. The largest absolute Gasteiger partial charge is 0.347 e. The van der Waals surface area contributed by atoms with Crippen LogP contribution in [0.5, 0.6) is 0 Å². The van der Waals surface area contributed by atoms with Gasteiger partial charge in [-0.2, -0.15) is 0 Å². The normalized spacial score (nSPS) is 36.2. The summed E-state index contributed by atoms with van der Waals surface area (Å²) in [5.41, 5.74) is -0.483. The predicted molar refractivity (Wildman–Crippen MR) is 62.2 cm³/mol. The summed E-state index contributed by atoms with van der Waals surface area (Å²) in [6.45, 7) is 1.47. The number of aldehydes is 1. The Bertz CT molecular complexity index is 388. The Balaban J connectivity index is 2.35. The monoisotopic (exact) mass is 235 g/mol. The van der Waals surface area contributed by atoms with Crippen LogP contribution in [0.3, 0.4) is 0 Å². The lowest BCUT2D eigenvalue weighted by Crippen LogP contribution is -2.58. The van der Waals surface area contributed by atoms with Crippen molar-refractivity contribution >= 4 is 18.0 Å². The molecule has 0 aromatic rings. The second kappa shape index (κ2) is 4.43. The summed E-state index contributed by atoms with van der Waals surface area (Å²) < 4.78 is 0. The van der Waals surface area contributed by atoms with Gasteiger partial charge in [0.25, 0.3) is 0 Å². The maximum atomic E-state index is 11.5. The minimum Gasteiger partial charge on any atom is -0.347 e. The van der Waals surface area contributed by atoms with E-state index in [0.29, 0.717) is 6.42 Å². The van der Waals surface area contributed by atoms with Gasteiger partial charge in [-0.25, -0.2) is 0 Å². The Labute approximate surface area is 100 Å². The third kappa shape index (κ3) is 2.16. The zero-order valence-electron chi connectivity index (χ0n) is 9.94. The van der Waals surface area contributed by atoms with Gasteiger partial charge in [0.1, 0.15) is 6.29 Å². The summed E-state index contributed by atoms with van der Waals surface area (Å²) in [4.78, 5) is 33.9. The van der Waals surface area contributed by atoms with Gasteiger partial charge in [-0.15, -0.1) is 0 Å². The highest BCUT2D eigenvalue weighted by molar-refractivity contribution is 5.92. The van der Waals surface area contributed by atoms with Gasteiger partial charge in [0.2, 0.25) is 5.91 Å². The molecule has 0 unspecified atom stereocenters. The maximum Gasteiger partial charge on any atom is 0.217 e. The molecular formula is C13H17NO3. The molecule has 0 aromatic heterocycles. The quantitative estimate of drug-likeness (QED) is 0.726. The lowest BCUT2D eigenvalue weighted by Gasteiger charge is -2.46. The number of hydrogen-bond acceptors (Lipinski definition) is 3. The van der Waals surface area contributed by atoms with Crippen molar-refractivity contribution in [2.45, 2.75) is 38.1 Å². The van der Waals surface area contributed by atoms with Crippen molar-refractivity contribution in [3.8, 4) is 0 Å². The number of rotatable bonds is 2. The van der Waals surface area contributed by atoms with Gasteiger partial charge in [0.05, 0.1) is 5.54 Å². The Morgan fingerprint density at radius 3 is 3.00 bits per heavy atom. The van der Waals surface area contributed by atoms with Crippen molar-refractivity contribution in [3.63, 3.8) is 0 Å². The number of allylic oxidation sites excluding steroid dienone is 1. The lowest BCUT2D eigenvalue weighted by molar-refractivity contribution is -0.126. The van der Waals surface area contributed by atoms with E-state index in [2.05, 4.69) is 5.32 Å². The molecule has 1 saturated carbocycles. The Hall–Kier alpha value is -1.45. The summed E-state index contributed by atoms with van der Waals surface area (Å²) in [6.07, 6.45) is 7.16. The van der Waals surface area contributed by atoms with E-state index in [1.807, 2.05) is 0 Å². The Kier molecular flexibility index (Phi) is 3.13. The number of fused-ring (bicyclic) bond motifs is 1. The van der Waals surface area contributed by atoms with Gasteiger partial charge in [-0.05, 0) is 18.9 Å². The zero-order valence-corrected chi connectivity index (χ0v) is 9.94. The molecule has 17 heavy (non-hydrogen) atoms. The molecular weight excluding hydrogens is 218 g/mol. The first kappa shape index (κ1) is 12.0.